The molecule has 0 radical (unpaired) electrons. The van der Waals surface area contributed by atoms with Gasteiger partial charge < -0.3 is 10.2 Å². The molecule has 0 saturated carbocycles. The van der Waals surface area contributed by atoms with E-state index in [1.807, 2.05) is 31.2 Å². The van der Waals surface area contributed by atoms with E-state index >= 15 is 0 Å². The van der Waals surface area contributed by atoms with Gasteiger partial charge in [0.15, 0.2) is 0 Å². The Hall–Kier alpha value is -2.40. The van der Waals surface area contributed by atoms with Crippen molar-refractivity contribution in [1.29, 1.82) is 0 Å². The lowest BCUT2D eigenvalue weighted by molar-refractivity contribution is -0.122. The van der Waals surface area contributed by atoms with E-state index in [2.05, 4.69) is 5.32 Å². The molecule has 0 spiro atoms. The minimum Gasteiger partial charge on any atom is -0.323 e. The van der Waals surface area contributed by atoms with E-state index in [4.69, 9.17) is 11.6 Å². The Morgan fingerprint density at radius 2 is 1.96 bits per heavy atom. The summed E-state index contributed by atoms with van der Waals surface area (Å²) in [6, 6.07) is 11.6. The fraction of sp³-hybridized carbons (Fsp3) is 0.222. The molecule has 0 aliphatic carbocycles. The van der Waals surface area contributed by atoms with E-state index in [0.717, 1.165) is 17.3 Å². The first kappa shape index (κ1) is 16.5. The van der Waals surface area contributed by atoms with Crippen LogP contribution in [0.5, 0.6) is 0 Å². The molecule has 124 valence electrons. The minimum absolute atomic E-state index is 0.0608. The second kappa shape index (κ2) is 6.61. The lowest BCUT2D eigenvalue weighted by Gasteiger charge is -2.17. The highest BCUT2D eigenvalue weighted by Gasteiger charge is 2.35. The maximum atomic E-state index is 13.8. The molecule has 1 saturated heterocycles. The van der Waals surface area contributed by atoms with Crippen molar-refractivity contribution in [2.75, 3.05) is 16.8 Å². The average molecular weight is 347 g/mol. The number of benzene rings is 2. The normalized spacial score (nSPS) is 17.2. The summed E-state index contributed by atoms with van der Waals surface area (Å²) in [6.07, 6.45) is 0.106. The van der Waals surface area contributed by atoms with E-state index in [1.54, 1.807) is 4.90 Å². The zero-order chi connectivity index (χ0) is 17.3. The molecule has 24 heavy (non-hydrogen) atoms. The van der Waals surface area contributed by atoms with Gasteiger partial charge in [0, 0.05) is 23.7 Å². The van der Waals surface area contributed by atoms with Crippen LogP contribution in [0, 0.1) is 18.7 Å². The van der Waals surface area contributed by atoms with E-state index in [0.29, 0.717) is 0 Å². The summed E-state index contributed by atoms with van der Waals surface area (Å²) in [5.41, 5.74) is 1.92. The van der Waals surface area contributed by atoms with Gasteiger partial charge in [-0.1, -0.05) is 29.3 Å². The first-order valence-electron chi connectivity index (χ1n) is 7.57. The summed E-state index contributed by atoms with van der Waals surface area (Å²) in [4.78, 5) is 26.1. The van der Waals surface area contributed by atoms with Crippen molar-refractivity contribution >= 4 is 34.8 Å². The molecule has 1 fully saturated rings. The molecule has 1 heterocycles. The molecule has 0 bridgehead atoms. The Labute approximate surface area is 144 Å². The summed E-state index contributed by atoms with van der Waals surface area (Å²) in [7, 11) is 0. The average Bonchev–Trinajstić information content (AvgIpc) is 2.93. The Morgan fingerprint density at radius 3 is 2.62 bits per heavy atom. The van der Waals surface area contributed by atoms with Gasteiger partial charge in [0.05, 0.1) is 11.6 Å². The van der Waals surface area contributed by atoms with Crippen molar-refractivity contribution in [2.45, 2.75) is 13.3 Å². The number of hydrogen-bond acceptors (Lipinski definition) is 2. The Kier molecular flexibility index (Phi) is 4.53. The third-order valence-electron chi connectivity index (χ3n) is 4.03. The third kappa shape index (κ3) is 3.41. The summed E-state index contributed by atoms with van der Waals surface area (Å²) in [5, 5.41) is 2.79. The lowest BCUT2D eigenvalue weighted by Crippen LogP contribution is -2.28. The highest BCUT2D eigenvalue weighted by atomic mass is 35.5. The molecule has 2 amide bonds. The SMILES string of the molecule is Cc1ccc(N2CC(C(=O)Nc3ccc(Cl)cc3F)CC2=O)cc1. The number of carbonyl (C=O) groups excluding carboxylic acids is 2. The number of halogens is 2. The molecular formula is C18H16ClFN2O2. The van der Waals surface area contributed by atoms with Crippen molar-refractivity contribution in [3.63, 3.8) is 0 Å². The van der Waals surface area contributed by atoms with Crippen LogP contribution >= 0.6 is 11.6 Å². The first-order valence-corrected chi connectivity index (χ1v) is 7.95. The molecule has 1 N–H and O–H groups in total. The molecule has 3 rings (SSSR count). The summed E-state index contributed by atoms with van der Waals surface area (Å²) < 4.78 is 13.8. The first-order chi connectivity index (χ1) is 11.4. The summed E-state index contributed by atoms with van der Waals surface area (Å²) in [5.74, 6) is -1.61. The van der Waals surface area contributed by atoms with Crippen LogP contribution in [0.25, 0.3) is 0 Å². The standard InChI is InChI=1S/C18H16ClFN2O2/c1-11-2-5-14(6-3-11)22-10-12(8-17(22)23)18(24)21-16-7-4-13(19)9-15(16)20/h2-7,9,12H,8,10H2,1H3,(H,21,24). The zero-order valence-corrected chi connectivity index (χ0v) is 13.8. The van der Waals surface area contributed by atoms with Gasteiger partial charge >= 0.3 is 0 Å². The number of hydrogen-bond donors (Lipinski definition) is 1. The van der Waals surface area contributed by atoms with E-state index in [-0.39, 0.29) is 35.5 Å². The number of rotatable bonds is 3. The van der Waals surface area contributed by atoms with E-state index in [1.165, 1.54) is 12.1 Å². The molecule has 4 nitrogen and oxygen atoms in total. The Bertz CT molecular complexity index is 792. The number of amides is 2. The van der Waals surface area contributed by atoms with Crippen molar-refractivity contribution in [1.82, 2.24) is 0 Å². The monoisotopic (exact) mass is 346 g/mol. The number of nitrogens with one attached hydrogen (secondary N) is 1. The Morgan fingerprint density at radius 1 is 1.25 bits per heavy atom. The second-order valence-electron chi connectivity index (χ2n) is 5.85. The molecule has 2 aromatic rings. The third-order valence-corrected chi connectivity index (χ3v) is 4.27. The van der Waals surface area contributed by atoms with Crippen LogP contribution in [-0.4, -0.2) is 18.4 Å². The van der Waals surface area contributed by atoms with Gasteiger partial charge in [-0.25, -0.2) is 4.39 Å². The van der Waals surface area contributed by atoms with Crippen LogP contribution in [0.4, 0.5) is 15.8 Å². The topological polar surface area (TPSA) is 49.4 Å². The molecule has 1 aliphatic rings. The van der Waals surface area contributed by atoms with Gasteiger partial charge in [0.1, 0.15) is 5.82 Å². The van der Waals surface area contributed by atoms with Crippen molar-refractivity contribution in [3.05, 3.63) is 58.9 Å². The molecule has 1 aliphatic heterocycles. The van der Waals surface area contributed by atoms with Gasteiger partial charge in [-0.2, -0.15) is 0 Å². The largest absolute Gasteiger partial charge is 0.323 e. The molecule has 1 unspecified atom stereocenters. The molecule has 1 atom stereocenters. The smallest absolute Gasteiger partial charge is 0.229 e. The van der Waals surface area contributed by atoms with Crippen LogP contribution in [0.3, 0.4) is 0 Å². The minimum atomic E-state index is -0.601. The quantitative estimate of drug-likeness (QED) is 0.919. The Balaban J connectivity index is 1.70. The summed E-state index contributed by atoms with van der Waals surface area (Å²) >= 11 is 5.69. The number of carbonyl (C=O) groups is 2. The van der Waals surface area contributed by atoms with Crippen LogP contribution in [0.2, 0.25) is 5.02 Å². The van der Waals surface area contributed by atoms with Gasteiger partial charge in [-0.3, -0.25) is 9.59 Å². The molecule has 0 aromatic heterocycles. The molecule has 6 heteroatoms. The van der Waals surface area contributed by atoms with E-state index in [9.17, 15) is 14.0 Å². The van der Waals surface area contributed by atoms with Gasteiger partial charge in [0.2, 0.25) is 11.8 Å². The van der Waals surface area contributed by atoms with Gasteiger partial charge in [-0.15, -0.1) is 0 Å². The second-order valence-corrected chi connectivity index (χ2v) is 6.29. The van der Waals surface area contributed by atoms with Gasteiger partial charge in [0.25, 0.3) is 0 Å². The summed E-state index contributed by atoms with van der Waals surface area (Å²) in [6.45, 7) is 2.25. The van der Waals surface area contributed by atoms with Crippen LogP contribution in [0.15, 0.2) is 42.5 Å². The zero-order valence-electron chi connectivity index (χ0n) is 13.1. The highest BCUT2D eigenvalue weighted by molar-refractivity contribution is 6.30. The highest BCUT2D eigenvalue weighted by Crippen LogP contribution is 2.27. The maximum absolute atomic E-state index is 13.8. The van der Waals surface area contributed by atoms with Crippen molar-refractivity contribution < 1.29 is 14.0 Å². The van der Waals surface area contributed by atoms with Crippen molar-refractivity contribution in [3.8, 4) is 0 Å². The van der Waals surface area contributed by atoms with Crippen molar-refractivity contribution in [2.24, 2.45) is 5.92 Å². The van der Waals surface area contributed by atoms with Crippen LogP contribution in [-0.2, 0) is 9.59 Å². The molecular weight excluding hydrogens is 331 g/mol. The van der Waals surface area contributed by atoms with Crippen LogP contribution in [0.1, 0.15) is 12.0 Å². The lowest BCUT2D eigenvalue weighted by atomic mass is 10.1. The number of nitrogens with zero attached hydrogens (tertiary/aromatic N) is 1. The molecule has 2 aromatic carbocycles. The predicted octanol–water partition coefficient (Wildman–Crippen LogP) is 3.78. The fourth-order valence-corrected chi connectivity index (χ4v) is 2.84. The number of aryl methyl sites for hydroxylation is 1. The van der Waals surface area contributed by atoms with Gasteiger partial charge in [-0.05, 0) is 37.3 Å². The van der Waals surface area contributed by atoms with E-state index < -0.39 is 11.7 Å². The van der Waals surface area contributed by atoms with Crippen LogP contribution < -0.4 is 10.2 Å². The number of anilines is 2. The fourth-order valence-electron chi connectivity index (χ4n) is 2.68. The predicted molar refractivity (Wildman–Crippen MR) is 91.7 cm³/mol. The maximum Gasteiger partial charge on any atom is 0.229 e.